The molecule has 150 valence electrons. The van der Waals surface area contributed by atoms with Gasteiger partial charge in [-0.2, -0.15) is 0 Å². The Balaban J connectivity index is 1.55. The van der Waals surface area contributed by atoms with Crippen LogP contribution in [0.4, 0.5) is 15.8 Å². The van der Waals surface area contributed by atoms with E-state index in [9.17, 15) is 14.0 Å². The smallest absolute Gasteiger partial charge is 0.250 e. The first-order valence-electron chi connectivity index (χ1n) is 9.87. The van der Waals surface area contributed by atoms with E-state index in [0.29, 0.717) is 29.1 Å². The average Bonchev–Trinajstić information content (AvgIpc) is 3.37. The van der Waals surface area contributed by atoms with Crippen LogP contribution in [0.15, 0.2) is 42.5 Å². The maximum Gasteiger partial charge on any atom is 0.250 e. The van der Waals surface area contributed by atoms with Crippen molar-refractivity contribution in [1.82, 2.24) is 4.90 Å². The SMILES string of the molecule is COc1ccc(NC(=O)[C@@H]2C[C@@H]3CCCN3[C@@]23C(=O)Nc2ccc(F)cc23)cc1. The third-order valence-electron chi connectivity index (χ3n) is 6.50. The lowest BCUT2D eigenvalue weighted by atomic mass is 9.78. The highest BCUT2D eigenvalue weighted by atomic mass is 19.1. The number of fused-ring (bicyclic) bond motifs is 4. The topological polar surface area (TPSA) is 70.7 Å². The van der Waals surface area contributed by atoms with Gasteiger partial charge in [-0.3, -0.25) is 14.5 Å². The number of nitrogens with zero attached hydrogens (tertiary/aromatic N) is 1. The molecule has 0 saturated carbocycles. The van der Waals surface area contributed by atoms with Crippen molar-refractivity contribution in [2.45, 2.75) is 30.8 Å². The van der Waals surface area contributed by atoms with E-state index in [1.807, 2.05) is 0 Å². The van der Waals surface area contributed by atoms with Gasteiger partial charge in [-0.05, 0) is 68.3 Å². The minimum absolute atomic E-state index is 0.140. The molecular formula is C22H22FN3O3. The number of methoxy groups -OCH3 is 1. The monoisotopic (exact) mass is 395 g/mol. The van der Waals surface area contributed by atoms with Crippen LogP contribution in [0.5, 0.6) is 5.75 Å². The Kier molecular flexibility index (Phi) is 4.10. The second-order valence-corrected chi connectivity index (χ2v) is 7.91. The summed E-state index contributed by atoms with van der Waals surface area (Å²) in [6.45, 7) is 0.723. The molecule has 2 aromatic carbocycles. The normalized spacial score (nSPS) is 27.6. The van der Waals surface area contributed by atoms with Gasteiger partial charge >= 0.3 is 0 Å². The van der Waals surface area contributed by atoms with E-state index in [0.717, 1.165) is 19.4 Å². The number of hydrogen-bond acceptors (Lipinski definition) is 4. The zero-order chi connectivity index (χ0) is 20.2. The Morgan fingerprint density at radius 2 is 2.07 bits per heavy atom. The quantitative estimate of drug-likeness (QED) is 0.838. The van der Waals surface area contributed by atoms with Gasteiger partial charge < -0.3 is 15.4 Å². The third-order valence-corrected chi connectivity index (χ3v) is 6.50. The Morgan fingerprint density at radius 3 is 2.83 bits per heavy atom. The highest BCUT2D eigenvalue weighted by Crippen LogP contribution is 2.55. The minimum Gasteiger partial charge on any atom is -0.497 e. The number of hydrogen-bond donors (Lipinski definition) is 2. The van der Waals surface area contributed by atoms with Crippen LogP contribution in [0.25, 0.3) is 0 Å². The van der Waals surface area contributed by atoms with E-state index in [2.05, 4.69) is 15.5 Å². The molecule has 0 radical (unpaired) electrons. The molecule has 2 saturated heterocycles. The first-order chi connectivity index (χ1) is 14.0. The number of nitrogens with one attached hydrogen (secondary N) is 2. The molecule has 3 atom stereocenters. The molecule has 5 rings (SSSR count). The Hall–Kier alpha value is -2.93. The summed E-state index contributed by atoms with van der Waals surface area (Å²) >= 11 is 0. The van der Waals surface area contributed by atoms with Gasteiger partial charge in [0, 0.05) is 23.0 Å². The molecule has 0 aromatic heterocycles. The lowest BCUT2D eigenvalue weighted by Crippen LogP contribution is -2.53. The molecule has 6 nitrogen and oxygen atoms in total. The summed E-state index contributed by atoms with van der Waals surface area (Å²) in [5.74, 6) is -0.774. The van der Waals surface area contributed by atoms with E-state index in [1.54, 1.807) is 37.4 Å². The van der Waals surface area contributed by atoms with E-state index in [1.165, 1.54) is 12.1 Å². The summed E-state index contributed by atoms with van der Waals surface area (Å²) in [4.78, 5) is 28.8. The van der Waals surface area contributed by atoms with Crippen LogP contribution in [-0.2, 0) is 15.1 Å². The van der Waals surface area contributed by atoms with Crippen molar-refractivity contribution in [1.29, 1.82) is 0 Å². The second kappa shape index (κ2) is 6.56. The van der Waals surface area contributed by atoms with Gasteiger partial charge in [-0.15, -0.1) is 0 Å². The van der Waals surface area contributed by atoms with Crippen LogP contribution in [-0.4, -0.2) is 36.4 Å². The zero-order valence-corrected chi connectivity index (χ0v) is 16.1. The van der Waals surface area contributed by atoms with E-state index in [-0.39, 0.29) is 17.9 Å². The number of ether oxygens (including phenoxy) is 1. The number of carbonyl (C=O) groups excluding carboxylic acids is 2. The molecule has 2 N–H and O–H groups in total. The molecular weight excluding hydrogens is 373 g/mol. The van der Waals surface area contributed by atoms with Gasteiger partial charge in [0.1, 0.15) is 17.1 Å². The van der Waals surface area contributed by atoms with Gasteiger partial charge in [-0.25, -0.2) is 4.39 Å². The van der Waals surface area contributed by atoms with E-state index >= 15 is 0 Å². The fourth-order valence-electron chi connectivity index (χ4n) is 5.30. The van der Waals surface area contributed by atoms with E-state index < -0.39 is 17.3 Å². The Labute approximate surface area is 168 Å². The third kappa shape index (κ3) is 2.57. The van der Waals surface area contributed by atoms with Crippen LogP contribution in [0.1, 0.15) is 24.8 Å². The maximum absolute atomic E-state index is 14.1. The van der Waals surface area contributed by atoms with E-state index in [4.69, 9.17) is 4.74 Å². The van der Waals surface area contributed by atoms with Gasteiger partial charge in [0.2, 0.25) is 11.8 Å². The van der Waals surface area contributed by atoms with Gasteiger partial charge in [0.05, 0.1) is 13.0 Å². The summed E-state index contributed by atoms with van der Waals surface area (Å²) < 4.78 is 19.3. The number of rotatable bonds is 3. The lowest BCUT2D eigenvalue weighted by Gasteiger charge is -2.36. The molecule has 7 heteroatoms. The predicted molar refractivity (Wildman–Crippen MR) is 106 cm³/mol. The highest BCUT2D eigenvalue weighted by Gasteiger charge is 2.65. The first-order valence-corrected chi connectivity index (χ1v) is 9.87. The molecule has 2 fully saturated rings. The number of amides is 2. The minimum atomic E-state index is -1.16. The molecule has 0 aliphatic carbocycles. The summed E-state index contributed by atoms with van der Waals surface area (Å²) in [5.41, 5.74) is 0.638. The molecule has 29 heavy (non-hydrogen) atoms. The zero-order valence-electron chi connectivity index (χ0n) is 16.1. The van der Waals surface area contributed by atoms with Crippen molar-refractivity contribution >= 4 is 23.2 Å². The van der Waals surface area contributed by atoms with Gasteiger partial charge in [-0.1, -0.05) is 0 Å². The number of carbonyl (C=O) groups is 2. The van der Waals surface area contributed by atoms with Crippen molar-refractivity contribution in [3.8, 4) is 5.75 Å². The molecule has 1 spiro atoms. The van der Waals surface area contributed by atoms with Crippen LogP contribution in [0.2, 0.25) is 0 Å². The predicted octanol–water partition coefficient (Wildman–Crippen LogP) is 3.10. The molecule has 0 unspecified atom stereocenters. The fourth-order valence-corrected chi connectivity index (χ4v) is 5.30. The number of anilines is 2. The average molecular weight is 395 g/mol. The van der Waals surface area contributed by atoms with Crippen molar-refractivity contribution in [3.05, 3.63) is 53.8 Å². The fraction of sp³-hybridized carbons (Fsp3) is 0.364. The summed E-state index contributed by atoms with van der Waals surface area (Å²) in [6, 6.07) is 11.5. The summed E-state index contributed by atoms with van der Waals surface area (Å²) in [7, 11) is 1.58. The largest absolute Gasteiger partial charge is 0.497 e. The van der Waals surface area contributed by atoms with Gasteiger partial charge in [0.15, 0.2) is 0 Å². The van der Waals surface area contributed by atoms with Crippen molar-refractivity contribution < 1.29 is 18.7 Å². The Morgan fingerprint density at radius 1 is 1.28 bits per heavy atom. The van der Waals surface area contributed by atoms with Crippen LogP contribution < -0.4 is 15.4 Å². The molecule has 3 aliphatic rings. The maximum atomic E-state index is 14.1. The highest BCUT2D eigenvalue weighted by molar-refractivity contribution is 6.10. The van der Waals surface area contributed by atoms with Crippen molar-refractivity contribution in [3.63, 3.8) is 0 Å². The standard InChI is InChI=1S/C22H22FN3O3/c1-29-16-7-5-14(6-8-16)24-20(27)18-12-15-3-2-10-26(15)22(18)17-11-13(23)4-9-19(17)25-21(22)28/h4-9,11,15,18H,2-3,10,12H2,1H3,(H,24,27)(H,25,28)/t15-,18-,22+/m0/s1. The molecule has 0 bridgehead atoms. The lowest BCUT2D eigenvalue weighted by molar-refractivity contribution is -0.135. The van der Waals surface area contributed by atoms with Crippen LogP contribution in [0, 0.1) is 11.7 Å². The molecule has 3 heterocycles. The summed E-state index contributed by atoms with van der Waals surface area (Å²) in [5, 5.41) is 5.84. The molecule has 3 aliphatic heterocycles. The van der Waals surface area contributed by atoms with Crippen molar-refractivity contribution in [2.24, 2.45) is 5.92 Å². The van der Waals surface area contributed by atoms with Crippen LogP contribution in [0.3, 0.4) is 0 Å². The number of benzene rings is 2. The summed E-state index contributed by atoms with van der Waals surface area (Å²) in [6.07, 6.45) is 2.48. The second-order valence-electron chi connectivity index (χ2n) is 7.91. The first kappa shape index (κ1) is 18.1. The molecule has 2 aromatic rings. The number of halogens is 1. The Bertz CT molecular complexity index is 993. The molecule has 2 amide bonds. The van der Waals surface area contributed by atoms with Gasteiger partial charge in [0.25, 0.3) is 0 Å². The van der Waals surface area contributed by atoms with Crippen molar-refractivity contribution in [2.75, 3.05) is 24.3 Å². The van der Waals surface area contributed by atoms with Crippen LogP contribution >= 0.6 is 0 Å².